The molecular weight excluding hydrogens is 288 g/mol. The maximum absolute atomic E-state index is 11.8. The van der Waals surface area contributed by atoms with Crippen LogP contribution in [-0.4, -0.2) is 36.7 Å². The SMILES string of the molecule is CCNC(=O)NC(=O)[C@H](C)OC(=O)[C@@H](C)Oc1ccccc1. The van der Waals surface area contributed by atoms with Gasteiger partial charge in [-0.2, -0.15) is 0 Å². The lowest BCUT2D eigenvalue weighted by Gasteiger charge is -2.17. The first-order valence-electron chi connectivity index (χ1n) is 6.95. The number of benzene rings is 1. The Morgan fingerprint density at radius 2 is 1.73 bits per heavy atom. The van der Waals surface area contributed by atoms with Gasteiger partial charge in [0.2, 0.25) is 0 Å². The maximum atomic E-state index is 11.8. The average molecular weight is 308 g/mol. The molecule has 0 radical (unpaired) electrons. The molecule has 0 aliphatic rings. The third-order valence-corrected chi connectivity index (χ3v) is 2.62. The molecule has 0 spiro atoms. The molecule has 0 heterocycles. The zero-order valence-electron chi connectivity index (χ0n) is 12.8. The zero-order valence-corrected chi connectivity index (χ0v) is 12.8. The van der Waals surface area contributed by atoms with Gasteiger partial charge in [0.25, 0.3) is 5.91 Å². The number of amides is 3. The van der Waals surface area contributed by atoms with Crippen molar-refractivity contribution in [2.45, 2.75) is 33.0 Å². The van der Waals surface area contributed by atoms with E-state index in [1.54, 1.807) is 31.2 Å². The van der Waals surface area contributed by atoms with Crippen LogP contribution in [0, 0.1) is 0 Å². The van der Waals surface area contributed by atoms with E-state index in [1.165, 1.54) is 13.8 Å². The second-order valence-corrected chi connectivity index (χ2v) is 4.50. The monoisotopic (exact) mass is 308 g/mol. The molecule has 0 aliphatic carbocycles. The number of esters is 1. The van der Waals surface area contributed by atoms with Crippen LogP contribution < -0.4 is 15.4 Å². The summed E-state index contributed by atoms with van der Waals surface area (Å²) in [5.41, 5.74) is 0. The molecule has 120 valence electrons. The summed E-state index contributed by atoms with van der Waals surface area (Å²) in [6.45, 7) is 5.00. The average Bonchev–Trinajstić information content (AvgIpc) is 2.48. The third-order valence-electron chi connectivity index (χ3n) is 2.62. The summed E-state index contributed by atoms with van der Waals surface area (Å²) in [5.74, 6) is -0.875. The first-order chi connectivity index (χ1) is 10.4. The maximum Gasteiger partial charge on any atom is 0.347 e. The fourth-order valence-electron chi connectivity index (χ4n) is 1.49. The number of rotatable bonds is 6. The van der Waals surface area contributed by atoms with Crippen molar-refractivity contribution in [3.8, 4) is 5.75 Å². The number of ether oxygens (including phenoxy) is 2. The van der Waals surface area contributed by atoms with Crippen LogP contribution in [-0.2, 0) is 14.3 Å². The van der Waals surface area contributed by atoms with Crippen molar-refractivity contribution in [2.24, 2.45) is 0 Å². The summed E-state index contributed by atoms with van der Waals surface area (Å²) in [6, 6.07) is 8.14. The Morgan fingerprint density at radius 3 is 2.32 bits per heavy atom. The van der Waals surface area contributed by atoms with Gasteiger partial charge in [0.05, 0.1) is 0 Å². The van der Waals surface area contributed by atoms with Gasteiger partial charge in [-0.1, -0.05) is 18.2 Å². The lowest BCUT2D eigenvalue weighted by molar-refractivity contribution is -0.160. The van der Waals surface area contributed by atoms with E-state index in [0.29, 0.717) is 12.3 Å². The minimum absolute atomic E-state index is 0.384. The van der Waals surface area contributed by atoms with Crippen LogP contribution in [0.3, 0.4) is 0 Å². The summed E-state index contributed by atoms with van der Waals surface area (Å²) in [7, 11) is 0. The van der Waals surface area contributed by atoms with Gasteiger partial charge in [0.1, 0.15) is 5.75 Å². The van der Waals surface area contributed by atoms with Crippen LogP contribution in [0.15, 0.2) is 30.3 Å². The van der Waals surface area contributed by atoms with Gasteiger partial charge in [-0.25, -0.2) is 9.59 Å². The fraction of sp³-hybridized carbons (Fsp3) is 0.400. The normalized spacial score (nSPS) is 12.7. The van der Waals surface area contributed by atoms with E-state index in [2.05, 4.69) is 10.6 Å². The lowest BCUT2D eigenvalue weighted by Crippen LogP contribution is -2.45. The predicted molar refractivity (Wildman–Crippen MR) is 79.3 cm³/mol. The van der Waals surface area contributed by atoms with Crippen LogP contribution in [0.1, 0.15) is 20.8 Å². The van der Waals surface area contributed by atoms with Crippen LogP contribution >= 0.6 is 0 Å². The molecule has 0 saturated carbocycles. The highest BCUT2D eigenvalue weighted by Crippen LogP contribution is 2.11. The van der Waals surface area contributed by atoms with Crippen LogP contribution in [0.4, 0.5) is 4.79 Å². The van der Waals surface area contributed by atoms with Gasteiger partial charge >= 0.3 is 12.0 Å². The molecule has 0 bridgehead atoms. The number of carbonyl (C=O) groups is 3. The quantitative estimate of drug-likeness (QED) is 0.771. The number of hydrogen-bond acceptors (Lipinski definition) is 5. The van der Waals surface area contributed by atoms with Gasteiger partial charge < -0.3 is 14.8 Å². The second kappa shape index (κ2) is 8.66. The molecule has 7 nitrogen and oxygen atoms in total. The molecule has 0 fully saturated rings. The molecule has 22 heavy (non-hydrogen) atoms. The Labute approximate surface area is 129 Å². The molecule has 0 unspecified atom stereocenters. The first-order valence-corrected chi connectivity index (χ1v) is 6.95. The van der Waals surface area contributed by atoms with E-state index in [9.17, 15) is 14.4 Å². The van der Waals surface area contributed by atoms with Crippen molar-refractivity contribution in [3.05, 3.63) is 30.3 Å². The van der Waals surface area contributed by atoms with E-state index in [4.69, 9.17) is 9.47 Å². The van der Waals surface area contributed by atoms with Crippen molar-refractivity contribution in [1.29, 1.82) is 0 Å². The highest BCUT2D eigenvalue weighted by Gasteiger charge is 2.24. The van der Waals surface area contributed by atoms with Gasteiger partial charge in [-0.05, 0) is 32.9 Å². The van der Waals surface area contributed by atoms with E-state index in [1.807, 2.05) is 6.07 Å². The molecule has 0 aromatic heterocycles. The molecule has 0 saturated heterocycles. The van der Waals surface area contributed by atoms with Crippen molar-refractivity contribution >= 4 is 17.9 Å². The van der Waals surface area contributed by atoms with Gasteiger partial charge in [-0.3, -0.25) is 10.1 Å². The Balaban J connectivity index is 2.45. The van der Waals surface area contributed by atoms with Crippen molar-refractivity contribution < 1.29 is 23.9 Å². The summed E-state index contributed by atoms with van der Waals surface area (Å²) < 4.78 is 10.4. The molecule has 0 aliphatic heterocycles. The molecule has 1 aromatic carbocycles. The smallest absolute Gasteiger partial charge is 0.347 e. The largest absolute Gasteiger partial charge is 0.479 e. The Morgan fingerprint density at radius 1 is 1.09 bits per heavy atom. The van der Waals surface area contributed by atoms with Gasteiger partial charge in [0.15, 0.2) is 12.2 Å². The number of urea groups is 1. The van der Waals surface area contributed by atoms with E-state index in [0.717, 1.165) is 0 Å². The third kappa shape index (κ3) is 5.82. The summed E-state index contributed by atoms with van der Waals surface area (Å²) >= 11 is 0. The topological polar surface area (TPSA) is 93.7 Å². The molecule has 2 atom stereocenters. The highest BCUT2D eigenvalue weighted by atomic mass is 16.6. The number of hydrogen-bond donors (Lipinski definition) is 2. The van der Waals surface area contributed by atoms with Crippen LogP contribution in [0.5, 0.6) is 5.75 Å². The predicted octanol–water partition coefficient (Wildman–Crippen LogP) is 1.23. The van der Waals surface area contributed by atoms with Crippen molar-refractivity contribution in [2.75, 3.05) is 6.54 Å². The second-order valence-electron chi connectivity index (χ2n) is 4.50. The summed E-state index contributed by atoms with van der Waals surface area (Å²) in [6.07, 6.45) is -1.97. The number of nitrogens with one attached hydrogen (secondary N) is 2. The van der Waals surface area contributed by atoms with Crippen molar-refractivity contribution in [3.63, 3.8) is 0 Å². The van der Waals surface area contributed by atoms with E-state index >= 15 is 0 Å². The molecule has 2 N–H and O–H groups in total. The van der Waals surface area contributed by atoms with Gasteiger partial charge in [0, 0.05) is 6.54 Å². The summed E-state index contributed by atoms with van der Waals surface area (Å²) in [4.78, 5) is 34.7. The number of para-hydroxylation sites is 1. The number of carbonyl (C=O) groups excluding carboxylic acids is 3. The zero-order chi connectivity index (χ0) is 16.5. The molecular formula is C15H20N2O5. The lowest BCUT2D eigenvalue weighted by atomic mass is 10.3. The van der Waals surface area contributed by atoms with Gasteiger partial charge in [-0.15, -0.1) is 0 Å². The van der Waals surface area contributed by atoms with Crippen molar-refractivity contribution in [1.82, 2.24) is 10.6 Å². The Hall–Kier alpha value is -2.57. The first kappa shape index (κ1) is 17.5. The van der Waals surface area contributed by atoms with Crippen LogP contribution in [0.2, 0.25) is 0 Å². The molecule has 1 rings (SSSR count). The van der Waals surface area contributed by atoms with E-state index in [-0.39, 0.29) is 0 Å². The summed E-state index contributed by atoms with van der Waals surface area (Å²) in [5, 5.41) is 4.47. The number of imide groups is 1. The Kier molecular flexibility index (Phi) is 6.88. The molecule has 3 amide bonds. The molecule has 1 aromatic rings. The standard InChI is InChI=1S/C15H20N2O5/c1-4-16-15(20)17-13(18)10(2)22-14(19)11(3)21-12-8-6-5-7-9-12/h5-11H,4H2,1-3H3,(H2,16,17,18,20)/t10-,11+/m0/s1. The van der Waals surface area contributed by atoms with Crippen LogP contribution in [0.25, 0.3) is 0 Å². The Bertz CT molecular complexity index is 518. The van der Waals surface area contributed by atoms with E-state index < -0.39 is 30.1 Å². The molecule has 7 heteroatoms. The fourth-order valence-corrected chi connectivity index (χ4v) is 1.49. The minimum atomic E-state index is -1.10. The minimum Gasteiger partial charge on any atom is -0.479 e. The highest BCUT2D eigenvalue weighted by molar-refractivity contribution is 5.97.